The molecule has 1 aliphatic rings. The van der Waals surface area contributed by atoms with Crippen molar-refractivity contribution < 1.29 is 35.9 Å². The summed E-state index contributed by atoms with van der Waals surface area (Å²) in [7, 11) is -3.53. The predicted molar refractivity (Wildman–Crippen MR) is 123 cm³/mol. The lowest BCUT2D eigenvalue weighted by Crippen LogP contribution is -2.33. The molecule has 1 amide bonds. The van der Waals surface area contributed by atoms with Crippen molar-refractivity contribution in [3.05, 3.63) is 59.4 Å². The zero-order valence-corrected chi connectivity index (χ0v) is 20.5. The summed E-state index contributed by atoms with van der Waals surface area (Å²) < 4.78 is 74.2. The molecule has 1 aliphatic carbocycles. The van der Waals surface area contributed by atoms with Gasteiger partial charge in [-0.15, -0.1) is 0 Å². The Labute approximate surface area is 198 Å². The van der Waals surface area contributed by atoms with Gasteiger partial charge in [-0.25, -0.2) is 8.42 Å². The highest BCUT2D eigenvalue weighted by molar-refractivity contribution is 7.90. The van der Waals surface area contributed by atoms with E-state index in [0.717, 1.165) is 18.4 Å². The number of rotatable bonds is 10. The van der Waals surface area contributed by atoms with E-state index in [1.54, 1.807) is 26.8 Å². The van der Waals surface area contributed by atoms with E-state index in [1.165, 1.54) is 29.2 Å². The van der Waals surface area contributed by atoms with Crippen LogP contribution in [-0.2, 0) is 14.6 Å². The second kappa shape index (κ2) is 11.6. The number of halogens is 3. The highest BCUT2D eigenvalue weighted by atomic mass is 32.2. The molecular weight excluding hydrogens is 471 g/mol. The molecule has 0 fully saturated rings. The first-order chi connectivity index (χ1) is 15.8. The lowest BCUT2D eigenvalue weighted by atomic mass is 10.1. The van der Waals surface area contributed by atoms with Gasteiger partial charge in [-0.1, -0.05) is 12.2 Å². The summed E-state index contributed by atoms with van der Waals surface area (Å²) in [6.07, 6.45) is 2.01. The molecule has 1 aromatic rings. The average molecular weight is 502 g/mol. The minimum absolute atomic E-state index is 0.00644. The van der Waals surface area contributed by atoms with Gasteiger partial charge in [-0.3, -0.25) is 4.79 Å². The summed E-state index contributed by atoms with van der Waals surface area (Å²) in [6.45, 7) is 6.07. The second-order valence-electron chi connectivity index (χ2n) is 8.03. The van der Waals surface area contributed by atoms with E-state index in [1.807, 2.05) is 0 Å². The molecule has 0 spiro atoms. The van der Waals surface area contributed by atoms with E-state index in [2.05, 4.69) is 0 Å². The van der Waals surface area contributed by atoms with E-state index < -0.39 is 27.5 Å². The molecule has 10 heteroatoms. The van der Waals surface area contributed by atoms with Crippen LogP contribution in [0.2, 0.25) is 0 Å². The van der Waals surface area contributed by atoms with Crippen molar-refractivity contribution >= 4 is 15.7 Å². The minimum Gasteiger partial charge on any atom is -0.494 e. The Morgan fingerprint density at radius 2 is 1.94 bits per heavy atom. The van der Waals surface area contributed by atoms with Gasteiger partial charge in [-0.05, 0) is 64.0 Å². The second-order valence-corrected chi connectivity index (χ2v) is 10.0. The fraction of sp³-hybridized carbons (Fsp3) is 0.458. The number of amides is 1. The molecule has 0 N–H and O–H groups in total. The Kier molecular flexibility index (Phi) is 9.37. The van der Waals surface area contributed by atoms with Gasteiger partial charge < -0.3 is 14.4 Å². The third-order valence-electron chi connectivity index (χ3n) is 4.86. The van der Waals surface area contributed by atoms with E-state index in [-0.39, 0.29) is 47.6 Å². The van der Waals surface area contributed by atoms with Crippen molar-refractivity contribution in [1.29, 1.82) is 0 Å². The Balaban J connectivity index is 2.10. The SMILES string of the molecule is CCN(CCCOC1=CC(C(F)(F)F)=CCC=C1)C(=O)c1cc(S(C)(=O)=O)ccc1OC(C)C. The number of hydrogen-bond acceptors (Lipinski definition) is 5. The summed E-state index contributed by atoms with van der Waals surface area (Å²) in [5.41, 5.74) is -0.630. The normalized spacial score (nSPS) is 14.4. The number of ether oxygens (including phenoxy) is 2. The lowest BCUT2D eigenvalue weighted by Gasteiger charge is -2.23. The molecule has 34 heavy (non-hydrogen) atoms. The molecule has 0 atom stereocenters. The predicted octanol–water partition coefficient (Wildman–Crippen LogP) is 5.08. The quantitative estimate of drug-likeness (QED) is 0.418. The smallest absolute Gasteiger partial charge is 0.416 e. The van der Waals surface area contributed by atoms with Crippen LogP contribution in [0.4, 0.5) is 13.2 Å². The van der Waals surface area contributed by atoms with Crippen LogP contribution in [0, 0.1) is 0 Å². The molecule has 0 saturated heterocycles. The fourth-order valence-corrected chi connectivity index (χ4v) is 3.86. The molecule has 6 nitrogen and oxygen atoms in total. The molecule has 2 rings (SSSR count). The molecule has 1 aromatic carbocycles. The van der Waals surface area contributed by atoms with Gasteiger partial charge in [0.2, 0.25) is 0 Å². The molecule has 0 heterocycles. The first-order valence-corrected chi connectivity index (χ1v) is 12.8. The van der Waals surface area contributed by atoms with Crippen molar-refractivity contribution in [3.63, 3.8) is 0 Å². The molecular formula is C24H30F3NO5S. The molecule has 0 aliphatic heterocycles. The molecule has 0 unspecified atom stereocenters. The number of carbonyl (C=O) groups is 1. The number of carbonyl (C=O) groups excluding carboxylic acids is 1. The Morgan fingerprint density at radius 3 is 2.53 bits per heavy atom. The topological polar surface area (TPSA) is 72.9 Å². The van der Waals surface area contributed by atoms with Crippen LogP contribution in [0.25, 0.3) is 0 Å². The maximum atomic E-state index is 13.2. The summed E-state index contributed by atoms with van der Waals surface area (Å²) in [6, 6.07) is 4.17. The van der Waals surface area contributed by atoms with Gasteiger partial charge in [0.1, 0.15) is 11.5 Å². The van der Waals surface area contributed by atoms with Gasteiger partial charge in [-0.2, -0.15) is 13.2 Å². The Bertz CT molecular complexity index is 1070. The van der Waals surface area contributed by atoms with Crippen LogP contribution in [0.3, 0.4) is 0 Å². The monoisotopic (exact) mass is 501 g/mol. The summed E-state index contributed by atoms with van der Waals surface area (Å²) in [5.74, 6) is -0.0224. The van der Waals surface area contributed by atoms with E-state index in [0.29, 0.717) is 13.0 Å². The van der Waals surface area contributed by atoms with E-state index in [9.17, 15) is 26.4 Å². The van der Waals surface area contributed by atoms with Gasteiger partial charge in [0.25, 0.3) is 5.91 Å². The van der Waals surface area contributed by atoms with Crippen LogP contribution in [0.5, 0.6) is 5.75 Å². The van der Waals surface area contributed by atoms with Crippen molar-refractivity contribution in [2.75, 3.05) is 26.0 Å². The third kappa shape index (κ3) is 7.93. The molecule has 0 aromatic heterocycles. The first kappa shape index (κ1) is 27.5. The van der Waals surface area contributed by atoms with Gasteiger partial charge in [0.05, 0.1) is 28.7 Å². The summed E-state index contributed by atoms with van der Waals surface area (Å²) >= 11 is 0. The van der Waals surface area contributed by atoms with Crippen LogP contribution in [-0.4, -0.2) is 57.5 Å². The Hall–Kier alpha value is -2.75. The van der Waals surface area contributed by atoms with Crippen LogP contribution >= 0.6 is 0 Å². The number of allylic oxidation sites excluding steroid dienone is 5. The largest absolute Gasteiger partial charge is 0.494 e. The van der Waals surface area contributed by atoms with E-state index >= 15 is 0 Å². The van der Waals surface area contributed by atoms with Crippen LogP contribution < -0.4 is 4.74 Å². The highest BCUT2D eigenvalue weighted by Gasteiger charge is 2.32. The third-order valence-corrected chi connectivity index (χ3v) is 5.97. The number of hydrogen-bond donors (Lipinski definition) is 0. The summed E-state index contributed by atoms with van der Waals surface area (Å²) in [4.78, 5) is 14.7. The molecule has 0 bridgehead atoms. The minimum atomic E-state index is -4.46. The van der Waals surface area contributed by atoms with Crippen molar-refractivity contribution in [1.82, 2.24) is 4.90 Å². The van der Waals surface area contributed by atoms with Crippen LogP contribution in [0.15, 0.2) is 58.7 Å². The van der Waals surface area contributed by atoms with Gasteiger partial charge >= 0.3 is 6.18 Å². The Morgan fingerprint density at radius 1 is 1.24 bits per heavy atom. The van der Waals surface area contributed by atoms with Crippen molar-refractivity contribution in [3.8, 4) is 5.75 Å². The van der Waals surface area contributed by atoms with Gasteiger partial charge in [0.15, 0.2) is 9.84 Å². The summed E-state index contributed by atoms with van der Waals surface area (Å²) in [5, 5.41) is 0. The van der Waals surface area contributed by atoms with Crippen molar-refractivity contribution in [2.24, 2.45) is 0 Å². The molecule has 0 saturated carbocycles. The number of sulfone groups is 1. The standard InChI is InChI=1S/C24H30F3NO5S/c1-5-28(13-8-14-32-19-10-7-6-9-18(15-19)24(25,26)27)23(29)21-16-20(34(4,30)31)11-12-22(21)33-17(2)3/h7,9-12,15-17H,5-6,8,13-14H2,1-4H3. The molecule has 0 radical (unpaired) electrons. The highest BCUT2D eigenvalue weighted by Crippen LogP contribution is 2.30. The maximum absolute atomic E-state index is 13.2. The van der Waals surface area contributed by atoms with E-state index in [4.69, 9.17) is 9.47 Å². The van der Waals surface area contributed by atoms with Crippen LogP contribution in [0.1, 0.15) is 44.0 Å². The lowest BCUT2D eigenvalue weighted by molar-refractivity contribution is -0.0886. The van der Waals surface area contributed by atoms with Gasteiger partial charge in [0, 0.05) is 19.3 Å². The average Bonchev–Trinajstić information content (AvgIpc) is 2.98. The number of benzene rings is 1. The molecule has 188 valence electrons. The zero-order valence-electron chi connectivity index (χ0n) is 19.7. The first-order valence-electron chi connectivity index (χ1n) is 10.9. The zero-order chi connectivity index (χ0) is 25.5. The fourth-order valence-electron chi connectivity index (χ4n) is 3.21. The maximum Gasteiger partial charge on any atom is 0.416 e. The number of alkyl halides is 3. The number of nitrogens with zero attached hydrogens (tertiary/aromatic N) is 1. The van der Waals surface area contributed by atoms with Crippen molar-refractivity contribution in [2.45, 2.75) is 50.8 Å².